The number of rotatable bonds is 5. The van der Waals surface area contributed by atoms with Crippen molar-refractivity contribution in [1.82, 2.24) is 9.97 Å². The number of para-hydroxylation sites is 1. The number of nitrogens with zero attached hydrogens (tertiary/aromatic N) is 2. The number of thioether (sulfide) groups is 1. The van der Waals surface area contributed by atoms with Crippen LogP contribution in [0, 0.1) is 13.8 Å². The Balaban J connectivity index is 2.01. The molecule has 0 aliphatic carbocycles. The summed E-state index contributed by atoms with van der Waals surface area (Å²) in [5.41, 5.74) is 3.54. The molecule has 0 spiro atoms. The number of nitrogens with one attached hydrogen (secondary N) is 1. The maximum Gasteiger partial charge on any atom is 0.224 e. The first-order valence-electron chi connectivity index (χ1n) is 6.93. The number of carbonyl (C=O) groups excluding carboxylic acids is 1. The Hall–Kier alpha value is -1.59. The number of aromatic nitrogens is 2. The van der Waals surface area contributed by atoms with E-state index in [1.165, 1.54) is 11.8 Å². The van der Waals surface area contributed by atoms with Crippen LogP contribution < -0.4 is 5.32 Å². The fraction of sp³-hybridized carbons (Fsp3) is 0.312. The van der Waals surface area contributed by atoms with E-state index < -0.39 is 0 Å². The molecule has 1 heterocycles. The lowest BCUT2D eigenvalue weighted by Crippen LogP contribution is -2.14. The summed E-state index contributed by atoms with van der Waals surface area (Å²) in [6.07, 6.45) is 2.93. The molecule has 1 aromatic heterocycles. The molecule has 0 fully saturated rings. The Bertz CT molecular complexity index is 668. The molecule has 0 radical (unpaired) electrons. The Labute approximate surface area is 139 Å². The number of carbonyl (C=O) groups is 1. The molecule has 0 atom stereocenters. The van der Waals surface area contributed by atoms with Crippen molar-refractivity contribution in [2.75, 3.05) is 11.6 Å². The molecule has 0 aliphatic rings. The average Bonchev–Trinajstić information content (AvgIpc) is 2.48. The van der Waals surface area contributed by atoms with Crippen molar-refractivity contribution in [3.05, 3.63) is 46.2 Å². The Kier molecular flexibility index (Phi) is 5.80. The second-order valence-electron chi connectivity index (χ2n) is 4.89. The van der Waals surface area contributed by atoms with Gasteiger partial charge in [-0.15, -0.1) is 0 Å². The molecule has 4 nitrogen and oxygen atoms in total. The minimum Gasteiger partial charge on any atom is -0.325 e. The summed E-state index contributed by atoms with van der Waals surface area (Å²) in [5.74, 6) is -0.0687. The van der Waals surface area contributed by atoms with E-state index in [0.717, 1.165) is 22.1 Å². The topological polar surface area (TPSA) is 54.9 Å². The molecule has 6 heteroatoms. The smallest absolute Gasteiger partial charge is 0.224 e. The number of hydrogen-bond acceptors (Lipinski definition) is 4. The number of benzene rings is 1. The SMILES string of the molecule is CSc1nc(C)c(CCC(=O)Nc2ccccc2Cl)c(C)n1. The van der Waals surface area contributed by atoms with Crippen LogP contribution in [0.1, 0.15) is 23.4 Å². The summed E-state index contributed by atoms with van der Waals surface area (Å²) in [4.78, 5) is 20.9. The molecule has 0 unspecified atom stereocenters. The van der Waals surface area contributed by atoms with E-state index in [-0.39, 0.29) is 5.91 Å². The molecule has 22 heavy (non-hydrogen) atoms. The standard InChI is InChI=1S/C16H18ClN3OS/c1-10-12(11(2)19-16(18-10)22-3)8-9-15(21)20-14-7-5-4-6-13(14)17/h4-7H,8-9H2,1-3H3,(H,20,21). The highest BCUT2D eigenvalue weighted by Gasteiger charge is 2.11. The van der Waals surface area contributed by atoms with E-state index >= 15 is 0 Å². The van der Waals surface area contributed by atoms with E-state index in [4.69, 9.17) is 11.6 Å². The molecule has 0 saturated carbocycles. The quantitative estimate of drug-likeness (QED) is 0.661. The predicted octanol–water partition coefficient (Wildman–Crippen LogP) is 4.04. The van der Waals surface area contributed by atoms with Crippen molar-refractivity contribution in [2.45, 2.75) is 31.8 Å². The van der Waals surface area contributed by atoms with E-state index in [0.29, 0.717) is 23.6 Å². The van der Waals surface area contributed by atoms with Crippen LogP contribution in [-0.4, -0.2) is 22.1 Å². The van der Waals surface area contributed by atoms with Crippen LogP contribution in [0.2, 0.25) is 5.02 Å². The molecular formula is C16H18ClN3OS. The normalized spacial score (nSPS) is 10.5. The summed E-state index contributed by atoms with van der Waals surface area (Å²) in [6.45, 7) is 3.91. The number of halogens is 1. The van der Waals surface area contributed by atoms with Crippen LogP contribution >= 0.6 is 23.4 Å². The summed E-state index contributed by atoms with van der Waals surface area (Å²) in [6, 6.07) is 7.20. The molecule has 0 bridgehead atoms. The molecule has 2 aromatic rings. The van der Waals surface area contributed by atoms with Gasteiger partial charge in [-0.1, -0.05) is 35.5 Å². The van der Waals surface area contributed by atoms with E-state index in [2.05, 4.69) is 15.3 Å². The second-order valence-corrected chi connectivity index (χ2v) is 6.07. The largest absolute Gasteiger partial charge is 0.325 e. The van der Waals surface area contributed by atoms with Gasteiger partial charge in [-0.05, 0) is 44.2 Å². The van der Waals surface area contributed by atoms with Gasteiger partial charge in [0.25, 0.3) is 0 Å². The van der Waals surface area contributed by atoms with Gasteiger partial charge in [-0.3, -0.25) is 4.79 Å². The van der Waals surface area contributed by atoms with Gasteiger partial charge >= 0.3 is 0 Å². The molecule has 1 amide bonds. The monoisotopic (exact) mass is 335 g/mol. The number of amides is 1. The lowest BCUT2D eigenvalue weighted by atomic mass is 10.1. The van der Waals surface area contributed by atoms with Crippen LogP contribution in [0.4, 0.5) is 5.69 Å². The van der Waals surface area contributed by atoms with Gasteiger partial charge in [0.2, 0.25) is 5.91 Å². The first-order chi connectivity index (χ1) is 10.5. The van der Waals surface area contributed by atoms with Crippen LogP contribution in [0.3, 0.4) is 0 Å². The van der Waals surface area contributed by atoms with Gasteiger partial charge in [-0.2, -0.15) is 0 Å². The van der Waals surface area contributed by atoms with Crippen molar-refractivity contribution in [2.24, 2.45) is 0 Å². The van der Waals surface area contributed by atoms with Crippen LogP contribution in [0.15, 0.2) is 29.4 Å². The number of aryl methyl sites for hydroxylation is 2. The second kappa shape index (κ2) is 7.61. The lowest BCUT2D eigenvalue weighted by Gasteiger charge is -2.10. The average molecular weight is 336 g/mol. The van der Waals surface area contributed by atoms with E-state index in [1.807, 2.05) is 32.2 Å². The van der Waals surface area contributed by atoms with Gasteiger partial charge in [0.15, 0.2) is 5.16 Å². The maximum atomic E-state index is 12.1. The third-order valence-electron chi connectivity index (χ3n) is 3.33. The zero-order chi connectivity index (χ0) is 16.1. The summed E-state index contributed by atoms with van der Waals surface area (Å²) >= 11 is 7.55. The molecule has 1 N–H and O–H groups in total. The Morgan fingerprint density at radius 2 is 1.86 bits per heavy atom. The first kappa shape index (κ1) is 16.8. The molecule has 116 valence electrons. The van der Waals surface area contributed by atoms with Gasteiger partial charge in [0, 0.05) is 17.8 Å². The summed E-state index contributed by atoms with van der Waals surface area (Å²) < 4.78 is 0. The van der Waals surface area contributed by atoms with E-state index in [1.54, 1.807) is 12.1 Å². The molecule has 2 rings (SSSR count). The highest BCUT2D eigenvalue weighted by Crippen LogP contribution is 2.21. The van der Waals surface area contributed by atoms with Crippen molar-refractivity contribution in [1.29, 1.82) is 0 Å². The molecule has 1 aromatic carbocycles. The number of hydrogen-bond donors (Lipinski definition) is 1. The Morgan fingerprint density at radius 3 is 2.45 bits per heavy atom. The predicted molar refractivity (Wildman–Crippen MR) is 91.7 cm³/mol. The zero-order valence-corrected chi connectivity index (χ0v) is 14.4. The zero-order valence-electron chi connectivity index (χ0n) is 12.8. The van der Waals surface area contributed by atoms with Gasteiger partial charge in [0.1, 0.15) is 0 Å². The number of anilines is 1. The summed E-state index contributed by atoms with van der Waals surface area (Å²) in [5, 5.41) is 4.13. The molecule has 0 aliphatic heterocycles. The highest BCUT2D eigenvalue weighted by molar-refractivity contribution is 7.98. The summed E-state index contributed by atoms with van der Waals surface area (Å²) in [7, 11) is 0. The maximum absolute atomic E-state index is 12.1. The fourth-order valence-corrected chi connectivity index (χ4v) is 2.82. The van der Waals surface area contributed by atoms with Crippen molar-refractivity contribution in [3.63, 3.8) is 0 Å². The van der Waals surface area contributed by atoms with Crippen LogP contribution in [-0.2, 0) is 11.2 Å². The minimum absolute atomic E-state index is 0.0687. The third kappa shape index (κ3) is 4.21. The third-order valence-corrected chi connectivity index (χ3v) is 4.21. The van der Waals surface area contributed by atoms with Gasteiger partial charge < -0.3 is 5.32 Å². The Morgan fingerprint density at radius 1 is 1.23 bits per heavy atom. The lowest BCUT2D eigenvalue weighted by molar-refractivity contribution is -0.116. The van der Waals surface area contributed by atoms with Crippen molar-refractivity contribution >= 4 is 35.0 Å². The highest BCUT2D eigenvalue weighted by atomic mass is 35.5. The van der Waals surface area contributed by atoms with Gasteiger partial charge in [-0.25, -0.2) is 9.97 Å². The van der Waals surface area contributed by atoms with Crippen molar-refractivity contribution in [3.8, 4) is 0 Å². The van der Waals surface area contributed by atoms with Gasteiger partial charge in [0.05, 0.1) is 10.7 Å². The van der Waals surface area contributed by atoms with Crippen molar-refractivity contribution < 1.29 is 4.79 Å². The molecular weight excluding hydrogens is 318 g/mol. The van der Waals surface area contributed by atoms with E-state index in [9.17, 15) is 4.79 Å². The van der Waals surface area contributed by atoms with Crippen LogP contribution in [0.5, 0.6) is 0 Å². The minimum atomic E-state index is -0.0687. The molecule has 0 saturated heterocycles. The van der Waals surface area contributed by atoms with Crippen LogP contribution in [0.25, 0.3) is 0 Å². The first-order valence-corrected chi connectivity index (χ1v) is 8.54. The fourth-order valence-electron chi connectivity index (χ4n) is 2.18.